The zero-order valence-electron chi connectivity index (χ0n) is 22.2. The number of anilines is 2. The van der Waals surface area contributed by atoms with Crippen molar-refractivity contribution < 1.29 is 28.6 Å². The molecule has 3 N–H and O–H groups in total. The van der Waals surface area contributed by atoms with Crippen LogP contribution in [0.4, 0.5) is 11.4 Å². The van der Waals surface area contributed by atoms with E-state index in [1.165, 1.54) is 13.3 Å². The molecule has 4 aromatic carbocycles. The molecule has 0 saturated heterocycles. The van der Waals surface area contributed by atoms with Crippen molar-refractivity contribution in [2.45, 2.75) is 6.61 Å². The highest BCUT2D eigenvalue weighted by molar-refractivity contribution is 6.39. The topological polar surface area (TPSA) is 127 Å². The fourth-order valence-electron chi connectivity index (χ4n) is 3.51. The van der Waals surface area contributed by atoms with Gasteiger partial charge in [-0.2, -0.15) is 5.10 Å². The van der Waals surface area contributed by atoms with E-state index in [1.807, 2.05) is 30.3 Å². The van der Waals surface area contributed by atoms with Gasteiger partial charge in [-0.05, 0) is 71.8 Å². The maximum atomic E-state index is 12.2. The van der Waals surface area contributed by atoms with E-state index in [2.05, 4.69) is 21.2 Å². The molecule has 0 saturated carbocycles. The van der Waals surface area contributed by atoms with E-state index in [4.69, 9.17) is 14.2 Å². The summed E-state index contributed by atoms with van der Waals surface area (Å²) in [6, 6.07) is 30.2. The third-order valence-electron chi connectivity index (χ3n) is 5.58. The van der Waals surface area contributed by atoms with Crippen molar-refractivity contribution in [3.63, 3.8) is 0 Å². The summed E-state index contributed by atoms with van der Waals surface area (Å²) in [4.78, 5) is 36.5. The molecule has 3 amide bonds. The smallest absolute Gasteiger partial charge is 0.329 e. The molecule has 4 aromatic rings. The minimum absolute atomic E-state index is 0.194. The van der Waals surface area contributed by atoms with Gasteiger partial charge in [0.05, 0.1) is 19.0 Å². The van der Waals surface area contributed by atoms with Crippen LogP contribution in [0.1, 0.15) is 11.1 Å². The Kier molecular flexibility index (Phi) is 10.0. The summed E-state index contributed by atoms with van der Waals surface area (Å²) < 4.78 is 16.4. The Balaban J connectivity index is 1.18. The maximum Gasteiger partial charge on any atom is 0.329 e. The Hall–Kier alpha value is -5.64. The molecular formula is C31H28N4O6. The van der Waals surface area contributed by atoms with E-state index in [9.17, 15) is 14.4 Å². The molecule has 10 heteroatoms. The highest BCUT2D eigenvalue weighted by Crippen LogP contribution is 2.23. The van der Waals surface area contributed by atoms with Crippen LogP contribution < -0.4 is 30.3 Å². The SMILES string of the molecule is COc1ccccc1NC(=O)COc1ccc(/C=N\NC(=O)C(=O)Nc2ccc(OCc3ccccc3)cc2)cc1. The van der Waals surface area contributed by atoms with Crippen LogP contribution in [0.2, 0.25) is 0 Å². The monoisotopic (exact) mass is 552 g/mol. The van der Waals surface area contributed by atoms with Gasteiger partial charge in [0, 0.05) is 5.69 Å². The summed E-state index contributed by atoms with van der Waals surface area (Å²) in [5, 5.41) is 9.05. The first-order chi connectivity index (χ1) is 20.0. The lowest BCUT2D eigenvalue weighted by atomic mass is 10.2. The zero-order valence-corrected chi connectivity index (χ0v) is 22.2. The summed E-state index contributed by atoms with van der Waals surface area (Å²) in [6.07, 6.45) is 1.38. The number of amides is 3. The Labute approximate surface area is 236 Å². The largest absolute Gasteiger partial charge is 0.495 e. The van der Waals surface area contributed by atoms with Gasteiger partial charge in [-0.25, -0.2) is 5.43 Å². The zero-order chi connectivity index (χ0) is 28.9. The molecule has 10 nitrogen and oxygen atoms in total. The van der Waals surface area contributed by atoms with Gasteiger partial charge in [0.25, 0.3) is 5.91 Å². The van der Waals surface area contributed by atoms with Gasteiger partial charge in [0.2, 0.25) is 0 Å². The van der Waals surface area contributed by atoms with E-state index in [1.54, 1.807) is 72.8 Å². The fourth-order valence-corrected chi connectivity index (χ4v) is 3.51. The number of benzene rings is 4. The van der Waals surface area contributed by atoms with Crippen molar-refractivity contribution in [2.24, 2.45) is 5.10 Å². The molecule has 0 aliphatic heterocycles. The molecule has 0 aromatic heterocycles. The number of ether oxygens (including phenoxy) is 3. The average molecular weight is 553 g/mol. The second kappa shape index (κ2) is 14.5. The normalized spacial score (nSPS) is 10.5. The number of nitrogens with one attached hydrogen (secondary N) is 3. The number of carbonyl (C=O) groups excluding carboxylic acids is 3. The molecule has 4 rings (SSSR count). The Morgan fingerprint density at radius 2 is 1.39 bits per heavy atom. The van der Waals surface area contributed by atoms with Crippen molar-refractivity contribution in [1.29, 1.82) is 0 Å². The summed E-state index contributed by atoms with van der Waals surface area (Å²) in [6.45, 7) is 0.227. The van der Waals surface area contributed by atoms with E-state index >= 15 is 0 Å². The molecule has 0 fully saturated rings. The van der Waals surface area contributed by atoms with E-state index in [0.717, 1.165) is 5.56 Å². The van der Waals surface area contributed by atoms with Crippen molar-refractivity contribution in [3.05, 3.63) is 114 Å². The highest BCUT2D eigenvalue weighted by Gasteiger charge is 2.13. The van der Waals surface area contributed by atoms with Gasteiger partial charge in [0.15, 0.2) is 6.61 Å². The number of para-hydroxylation sites is 2. The fraction of sp³-hybridized carbons (Fsp3) is 0.0968. The highest BCUT2D eigenvalue weighted by atomic mass is 16.5. The van der Waals surface area contributed by atoms with Gasteiger partial charge in [-0.15, -0.1) is 0 Å². The van der Waals surface area contributed by atoms with Crippen LogP contribution in [0.25, 0.3) is 0 Å². The molecule has 0 unspecified atom stereocenters. The van der Waals surface area contributed by atoms with Crippen LogP contribution in [0.3, 0.4) is 0 Å². The summed E-state index contributed by atoms with van der Waals surface area (Å²) >= 11 is 0. The Morgan fingerprint density at radius 3 is 2.12 bits per heavy atom. The van der Waals surface area contributed by atoms with Crippen LogP contribution in [-0.2, 0) is 21.0 Å². The van der Waals surface area contributed by atoms with Crippen LogP contribution in [-0.4, -0.2) is 37.7 Å². The van der Waals surface area contributed by atoms with E-state index in [-0.39, 0.29) is 12.5 Å². The molecule has 0 aliphatic carbocycles. The molecule has 0 radical (unpaired) electrons. The first kappa shape index (κ1) is 28.4. The third-order valence-corrected chi connectivity index (χ3v) is 5.58. The average Bonchev–Trinajstić information content (AvgIpc) is 3.01. The second-order valence-corrected chi connectivity index (χ2v) is 8.56. The molecule has 0 bridgehead atoms. The number of hydrazone groups is 1. The number of methoxy groups -OCH3 is 1. The molecule has 0 atom stereocenters. The van der Waals surface area contributed by atoms with Crippen molar-refractivity contribution >= 4 is 35.3 Å². The van der Waals surface area contributed by atoms with E-state index < -0.39 is 11.8 Å². The summed E-state index contributed by atoms with van der Waals surface area (Å²) in [7, 11) is 1.52. The van der Waals surface area contributed by atoms with Crippen molar-refractivity contribution in [2.75, 3.05) is 24.4 Å². The van der Waals surface area contributed by atoms with E-state index in [0.29, 0.717) is 40.8 Å². The summed E-state index contributed by atoms with van der Waals surface area (Å²) in [5.41, 5.74) is 4.85. The minimum atomic E-state index is -0.924. The van der Waals surface area contributed by atoms with Gasteiger partial charge in [-0.1, -0.05) is 42.5 Å². The number of hydrogen-bond acceptors (Lipinski definition) is 7. The van der Waals surface area contributed by atoms with Crippen molar-refractivity contribution in [1.82, 2.24) is 5.43 Å². The van der Waals surface area contributed by atoms with Gasteiger partial charge < -0.3 is 24.8 Å². The lowest BCUT2D eigenvalue weighted by molar-refractivity contribution is -0.136. The minimum Gasteiger partial charge on any atom is -0.495 e. The number of hydrogen-bond donors (Lipinski definition) is 3. The lowest BCUT2D eigenvalue weighted by Gasteiger charge is -2.10. The predicted molar refractivity (Wildman–Crippen MR) is 155 cm³/mol. The Morgan fingerprint density at radius 1 is 0.732 bits per heavy atom. The molecule has 41 heavy (non-hydrogen) atoms. The van der Waals surface area contributed by atoms with Gasteiger partial charge >= 0.3 is 11.8 Å². The van der Waals surface area contributed by atoms with Crippen molar-refractivity contribution in [3.8, 4) is 17.2 Å². The standard InChI is InChI=1S/C31H28N4O6/c1-39-28-10-6-5-9-27(28)34-29(36)21-41-25-15-11-22(12-16-25)19-32-35-31(38)30(37)33-24-13-17-26(18-14-24)40-20-23-7-3-2-4-8-23/h2-19H,20-21H2,1H3,(H,33,37)(H,34,36)(H,35,38)/b32-19-. The third kappa shape index (κ3) is 8.96. The number of rotatable bonds is 11. The maximum absolute atomic E-state index is 12.2. The Bertz CT molecular complexity index is 1490. The molecular weight excluding hydrogens is 524 g/mol. The molecule has 208 valence electrons. The molecule has 0 aliphatic rings. The molecule has 0 spiro atoms. The lowest BCUT2D eigenvalue weighted by Crippen LogP contribution is -2.32. The van der Waals surface area contributed by atoms with Gasteiger partial charge in [-0.3, -0.25) is 14.4 Å². The first-order valence-corrected chi connectivity index (χ1v) is 12.6. The number of carbonyl (C=O) groups is 3. The van der Waals surface area contributed by atoms with Crippen LogP contribution in [0.5, 0.6) is 17.2 Å². The van der Waals surface area contributed by atoms with Crippen LogP contribution in [0, 0.1) is 0 Å². The predicted octanol–water partition coefficient (Wildman–Crippen LogP) is 4.38. The van der Waals surface area contributed by atoms with Crippen LogP contribution >= 0.6 is 0 Å². The van der Waals surface area contributed by atoms with Gasteiger partial charge in [0.1, 0.15) is 23.9 Å². The summed E-state index contributed by atoms with van der Waals surface area (Å²) in [5.74, 6) is -0.478. The number of nitrogens with zero attached hydrogens (tertiary/aromatic N) is 1. The molecule has 0 heterocycles. The second-order valence-electron chi connectivity index (χ2n) is 8.56. The first-order valence-electron chi connectivity index (χ1n) is 12.6. The quantitative estimate of drug-likeness (QED) is 0.144. The van der Waals surface area contributed by atoms with Crippen LogP contribution in [0.15, 0.2) is 108 Å².